The standard InChI is InChI=1S/C16H20B2P2.C16H20P2.2C8H10BBrP/c1-19(2,17)15-11-7-5-9-13(15)14-10-6-8-12-16(14)20(3,4)18;1-17(2)15-11-7-5-9-13(15)14-10-6-8-12-16(14)18(3)4;2*1-11(2,9)8-6-4-3-5-7(8)10/h5-12H,1-4H3;5-12H,1-4H3;2*3-6H,1-2H3/q+2;;2*+1. The van der Waals surface area contributed by atoms with Crippen molar-refractivity contribution < 1.29 is 0 Å². The quantitative estimate of drug-likeness (QED) is 0.105. The van der Waals surface area contributed by atoms with Crippen LogP contribution in [-0.2, 0) is 0 Å². The van der Waals surface area contributed by atoms with Crippen LogP contribution in [0.1, 0.15) is 0 Å². The van der Waals surface area contributed by atoms with Gasteiger partial charge in [-0.05, 0) is 145 Å². The van der Waals surface area contributed by atoms with E-state index in [9.17, 15) is 0 Å². The molecule has 0 nitrogen and oxygen atoms in total. The lowest BCUT2D eigenvalue weighted by Gasteiger charge is -2.21. The Morgan fingerprint density at radius 3 is 0.767 bits per heavy atom. The molecule has 6 aromatic rings. The summed E-state index contributed by atoms with van der Waals surface area (Å²) in [7, 11) is 19.0. The van der Waals surface area contributed by atoms with E-state index in [-0.39, 0.29) is 15.8 Å². The first-order valence-electron chi connectivity index (χ1n) is 19.6. The van der Waals surface area contributed by atoms with Gasteiger partial charge in [0, 0.05) is 64.4 Å². The fourth-order valence-electron chi connectivity index (χ4n) is 6.43. The Balaban J connectivity index is 0.000000221. The molecule has 0 heterocycles. The fourth-order valence-corrected chi connectivity index (χ4v) is 16.6. The van der Waals surface area contributed by atoms with Crippen LogP contribution in [0.15, 0.2) is 155 Å². The van der Waals surface area contributed by atoms with Crippen LogP contribution in [0.5, 0.6) is 0 Å². The number of benzene rings is 6. The van der Waals surface area contributed by atoms with E-state index in [1.165, 1.54) is 54.1 Å². The summed E-state index contributed by atoms with van der Waals surface area (Å²) in [5.74, 6) is 0. The summed E-state index contributed by atoms with van der Waals surface area (Å²) in [6, 6.07) is 50.9. The van der Waals surface area contributed by atoms with Gasteiger partial charge in [-0.3, -0.25) is 0 Å². The van der Waals surface area contributed by atoms with Gasteiger partial charge in [0.25, 0.3) is 0 Å². The molecule has 0 fully saturated rings. The molecular weight excluding hydrogens is 965 g/mol. The molecule has 0 aromatic heterocycles. The van der Waals surface area contributed by atoms with Gasteiger partial charge >= 0.3 is 30.3 Å². The van der Waals surface area contributed by atoms with Crippen molar-refractivity contribution in [3.63, 3.8) is 0 Å². The molecule has 8 radical (unpaired) electrons. The molecule has 0 aliphatic carbocycles. The third kappa shape index (κ3) is 16.3. The molecule has 0 atom stereocenters. The third-order valence-electron chi connectivity index (χ3n) is 9.35. The van der Waals surface area contributed by atoms with Crippen molar-refractivity contribution in [2.24, 2.45) is 0 Å². The highest BCUT2D eigenvalue weighted by atomic mass is 79.9. The highest BCUT2D eigenvalue weighted by Gasteiger charge is 2.31. The van der Waals surface area contributed by atoms with Crippen LogP contribution in [0.2, 0.25) is 0 Å². The molecule has 0 N–H and O–H groups in total. The smallest absolute Gasteiger partial charge is 0.0810 e. The minimum absolute atomic E-state index is 0.0644. The van der Waals surface area contributed by atoms with E-state index in [4.69, 9.17) is 30.3 Å². The van der Waals surface area contributed by atoms with Crippen LogP contribution in [0.3, 0.4) is 0 Å². The second-order valence-electron chi connectivity index (χ2n) is 16.9. The van der Waals surface area contributed by atoms with Crippen LogP contribution in [0.4, 0.5) is 0 Å². The van der Waals surface area contributed by atoms with Crippen LogP contribution in [-0.4, -0.2) is 110 Å². The van der Waals surface area contributed by atoms with Crippen LogP contribution >= 0.6 is 76.3 Å². The maximum absolute atomic E-state index is 6.44. The number of hydrogen-bond acceptors (Lipinski definition) is 0. The molecule has 0 saturated carbocycles. The first-order chi connectivity index (χ1) is 27.9. The summed E-state index contributed by atoms with van der Waals surface area (Å²) in [6.45, 7) is 26.3. The van der Waals surface area contributed by atoms with Crippen LogP contribution in [0, 0.1) is 0 Å². The Bertz CT molecular complexity index is 2110. The van der Waals surface area contributed by atoms with Crippen LogP contribution < -0.4 is 31.8 Å². The molecule has 304 valence electrons. The first kappa shape index (κ1) is 53.5. The molecule has 0 bridgehead atoms. The maximum atomic E-state index is 6.44. The number of halogens is 2. The van der Waals surface area contributed by atoms with Crippen molar-refractivity contribution in [2.45, 2.75) is 0 Å². The van der Waals surface area contributed by atoms with Crippen molar-refractivity contribution >= 4 is 138 Å². The summed E-state index contributed by atoms with van der Waals surface area (Å²) in [5.41, 5.74) is 5.34. The lowest BCUT2D eigenvalue weighted by atomic mass is 10.1. The minimum Gasteiger partial charge on any atom is -0.0810 e. The Hall–Kier alpha value is -0.880. The average molecular weight is 1030 g/mol. The fraction of sp³-hybridized carbons (Fsp3) is 0.250. The molecule has 0 aliphatic heterocycles. The van der Waals surface area contributed by atoms with Crippen LogP contribution in [0.25, 0.3) is 22.3 Å². The lowest BCUT2D eigenvalue weighted by Crippen LogP contribution is -2.18. The van der Waals surface area contributed by atoms with E-state index < -0.39 is 28.6 Å². The predicted molar refractivity (Wildman–Crippen MR) is 305 cm³/mol. The van der Waals surface area contributed by atoms with E-state index in [2.05, 4.69) is 221 Å². The molecule has 12 heteroatoms. The van der Waals surface area contributed by atoms with Gasteiger partial charge in [0.05, 0.1) is 30.2 Å². The molecule has 0 aliphatic rings. The molecule has 0 spiro atoms. The molecule has 0 unspecified atom stereocenters. The zero-order valence-electron chi connectivity index (χ0n) is 37.6. The highest BCUT2D eigenvalue weighted by molar-refractivity contribution is 9.11. The van der Waals surface area contributed by atoms with Gasteiger partial charge in [0.15, 0.2) is 0 Å². The molecule has 6 rings (SSSR count). The summed E-state index contributed by atoms with van der Waals surface area (Å²) in [6.07, 6.45) is 0. The first-order valence-corrected chi connectivity index (χ1v) is 36.7. The Morgan fingerprint density at radius 2 is 0.533 bits per heavy atom. The van der Waals surface area contributed by atoms with E-state index in [0.29, 0.717) is 0 Å². The van der Waals surface area contributed by atoms with E-state index >= 15 is 0 Å². The number of rotatable bonds is 8. The highest BCUT2D eigenvalue weighted by Crippen LogP contribution is 2.50. The van der Waals surface area contributed by atoms with Gasteiger partial charge in [-0.2, -0.15) is 0 Å². The second kappa shape index (κ2) is 23.9. The second-order valence-corrected chi connectivity index (χ2v) is 37.4. The lowest BCUT2D eigenvalue weighted by molar-refractivity contribution is 1.67. The van der Waals surface area contributed by atoms with Crippen molar-refractivity contribution in [1.82, 2.24) is 0 Å². The van der Waals surface area contributed by atoms with Gasteiger partial charge in [-0.25, -0.2) is 0 Å². The normalized spacial score (nSPS) is 11.7. The predicted octanol–water partition coefficient (Wildman–Crippen LogP) is 12.3. The van der Waals surface area contributed by atoms with Gasteiger partial charge in [-0.1, -0.05) is 125 Å². The van der Waals surface area contributed by atoms with Gasteiger partial charge in [-0.15, -0.1) is 0 Å². The zero-order valence-corrected chi connectivity index (χ0v) is 46.1. The average Bonchev–Trinajstić information content (AvgIpc) is 3.17. The van der Waals surface area contributed by atoms with Crippen molar-refractivity contribution in [3.8, 4) is 22.3 Å². The maximum Gasteiger partial charge on any atom is 0.370 e. The SMILES string of the molecule is CP(C)c1ccccc1-c1ccccc1P(C)C.[B][P+](C)(C)c1ccccc1-c1ccccc1[P+]([B])(C)C.[B][P+](C)(C)c1ccccc1Br.[B][P+](C)(C)c1ccccc1Br. The Kier molecular flexibility index (Phi) is 21.3. The Morgan fingerprint density at radius 1 is 0.317 bits per heavy atom. The number of hydrogen-bond donors (Lipinski definition) is 0. The summed E-state index contributed by atoms with van der Waals surface area (Å²) in [5, 5.41) is 8.05. The summed E-state index contributed by atoms with van der Waals surface area (Å²) < 4.78 is 2.25. The summed E-state index contributed by atoms with van der Waals surface area (Å²) in [4.78, 5) is 0. The molecular formula is C48H60B4Br2P6+4. The third-order valence-corrected chi connectivity index (χ3v) is 20.6. The minimum atomic E-state index is -1.57. The monoisotopic (exact) mass is 1020 g/mol. The Labute approximate surface area is 392 Å². The summed E-state index contributed by atoms with van der Waals surface area (Å²) >= 11 is 6.96. The molecule has 0 amide bonds. The van der Waals surface area contributed by atoms with Gasteiger partial charge < -0.3 is 0 Å². The molecule has 0 saturated heterocycles. The van der Waals surface area contributed by atoms with Crippen molar-refractivity contribution in [1.29, 1.82) is 0 Å². The van der Waals surface area contributed by atoms with Crippen molar-refractivity contribution in [2.75, 3.05) is 80.0 Å². The van der Waals surface area contributed by atoms with E-state index in [0.717, 1.165) is 8.95 Å². The van der Waals surface area contributed by atoms with E-state index in [1.807, 2.05) is 36.4 Å². The molecule has 60 heavy (non-hydrogen) atoms. The van der Waals surface area contributed by atoms with Crippen molar-refractivity contribution in [3.05, 3.63) is 155 Å². The van der Waals surface area contributed by atoms with E-state index in [1.54, 1.807) is 0 Å². The zero-order chi connectivity index (χ0) is 45.1. The van der Waals surface area contributed by atoms with Gasteiger partial charge in [0.1, 0.15) is 0 Å². The topological polar surface area (TPSA) is 0 Å². The largest absolute Gasteiger partial charge is 0.370 e. The molecule has 6 aromatic carbocycles. The van der Waals surface area contributed by atoms with Gasteiger partial charge in [0.2, 0.25) is 0 Å².